The molecule has 1 atom stereocenters. The minimum Gasteiger partial charge on any atom is -0.366 e. The molecule has 6 nitrogen and oxygen atoms in total. The molecule has 3 rings (SSSR count). The summed E-state index contributed by atoms with van der Waals surface area (Å²) in [5.41, 5.74) is 7.96. The van der Waals surface area contributed by atoms with E-state index in [-0.39, 0.29) is 18.2 Å². The van der Waals surface area contributed by atoms with E-state index < -0.39 is 11.8 Å². The van der Waals surface area contributed by atoms with Gasteiger partial charge in [0.15, 0.2) is 0 Å². The Morgan fingerprint density at radius 1 is 1.16 bits per heavy atom. The van der Waals surface area contributed by atoms with Gasteiger partial charge in [-0.15, -0.1) is 0 Å². The number of carbonyl (C=O) groups is 3. The van der Waals surface area contributed by atoms with Crippen LogP contribution in [0.1, 0.15) is 22.3 Å². The molecule has 128 valence electrons. The van der Waals surface area contributed by atoms with Gasteiger partial charge in [0.1, 0.15) is 0 Å². The molecule has 3 N–H and O–H groups in total. The minimum absolute atomic E-state index is 0.0742. The SMILES string of the molecule is Cc1ccc(N2CC(C(=O)Nc3cccc(C(N)=O)c3)CC2=O)cc1. The molecule has 25 heavy (non-hydrogen) atoms. The molecule has 1 fully saturated rings. The summed E-state index contributed by atoms with van der Waals surface area (Å²) in [6.07, 6.45) is 0.162. The Morgan fingerprint density at radius 3 is 2.56 bits per heavy atom. The summed E-state index contributed by atoms with van der Waals surface area (Å²) in [6, 6.07) is 14.1. The Bertz CT molecular complexity index is 830. The van der Waals surface area contributed by atoms with Crippen molar-refractivity contribution in [3.63, 3.8) is 0 Å². The largest absolute Gasteiger partial charge is 0.366 e. The maximum atomic E-state index is 12.5. The Hall–Kier alpha value is -3.15. The van der Waals surface area contributed by atoms with Gasteiger partial charge in [-0.1, -0.05) is 23.8 Å². The fraction of sp³-hybridized carbons (Fsp3) is 0.211. The highest BCUT2D eigenvalue weighted by Gasteiger charge is 2.35. The molecule has 2 aromatic rings. The van der Waals surface area contributed by atoms with Crippen molar-refractivity contribution in [2.24, 2.45) is 11.7 Å². The Balaban J connectivity index is 1.69. The molecule has 1 heterocycles. The number of benzene rings is 2. The van der Waals surface area contributed by atoms with Crippen LogP contribution >= 0.6 is 0 Å². The lowest BCUT2D eigenvalue weighted by molar-refractivity contribution is -0.122. The summed E-state index contributed by atoms with van der Waals surface area (Å²) in [5.74, 6) is -1.32. The van der Waals surface area contributed by atoms with Crippen molar-refractivity contribution >= 4 is 29.1 Å². The zero-order valence-corrected chi connectivity index (χ0v) is 13.9. The molecule has 1 saturated heterocycles. The lowest BCUT2D eigenvalue weighted by atomic mass is 10.1. The van der Waals surface area contributed by atoms with Gasteiger partial charge in [0.2, 0.25) is 17.7 Å². The van der Waals surface area contributed by atoms with Crippen LogP contribution in [0.3, 0.4) is 0 Å². The van der Waals surface area contributed by atoms with Gasteiger partial charge >= 0.3 is 0 Å². The summed E-state index contributed by atoms with van der Waals surface area (Å²) in [7, 11) is 0. The molecular formula is C19H19N3O3. The number of carbonyl (C=O) groups excluding carboxylic acids is 3. The van der Waals surface area contributed by atoms with E-state index in [4.69, 9.17) is 5.73 Å². The van der Waals surface area contributed by atoms with Crippen LogP contribution in [0.5, 0.6) is 0 Å². The third-order valence-corrected chi connectivity index (χ3v) is 4.26. The van der Waals surface area contributed by atoms with Gasteiger partial charge in [-0.25, -0.2) is 0 Å². The van der Waals surface area contributed by atoms with E-state index in [9.17, 15) is 14.4 Å². The normalized spacial score (nSPS) is 16.8. The van der Waals surface area contributed by atoms with E-state index in [1.165, 1.54) is 6.07 Å². The van der Waals surface area contributed by atoms with Crippen molar-refractivity contribution in [2.45, 2.75) is 13.3 Å². The van der Waals surface area contributed by atoms with Crippen molar-refractivity contribution in [3.05, 3.63) is 59.7 Å². The van der Waals surface area contributed by atoms with E-state index in [1.807, 2.05) is 31.2 Å². The van der Waals surface area contributed by atoms with Crippen LogP contribution < -0.4 is 16.0 Å². The topological polar surface area (TPSA) is 92.5 Å². The van der Waals surface area contributed by atoms with E-state index >= 15 is 0 Å². The van der Waals surface area contributed by atoms with E-state index in [0.717, 1.165) is 11.3 Å². The molecule has 1 aliphatic rings. The highest BCUT2D eigenvalue weighted by atomic mass is 16.2. The first-order valence-corrected chi connectivity index (χ1v) is 8.02. The van der Waals surface area contributed by atoms with Gasteiger partial charge < -0.3 is 16.0 Å². The molecule has 1 unspecified atom stereocenters. The maximum absolute atomic E-state index is 12.5. The molecule has 0 bridgehead atoms. The predicted octanol–water partition coefficient (Wildman–Crippen LogP) is 2.09. The average Bonchev–Trinajstić information content (AvgIpc) is 2.98. The molecule has 2 aromatic carbocycles. The quantitative estimate of drug-likeness (QED) is 0.894. The number of nitrogens with two attached hydrogens (primary N) is 1. The van der Waals surface area contributed by atoms with Gasteiger partial charge in [-0.05, 0) is 37.3 Å². The number of hydrogen-bond acceptors (Lipinski definition) is 3. The smallest absolute Gasteiger partial charge is 0.248 e. The summed E-state index contributed by atoms with van der Waals surface area (Å²) in [6.45, 7) is 2.31. The second-order valence-corrected chi connectivity index (χ2v) is 6.18. The Morgan fingerprint density at radius 2 is 1.88 bits per heavy atom. The molecule has 1 aliphatic heterocycles. The molecule has 0 saturated carbocycles. The van der Waals surface area contributed by atoms with Crippen LogP contribution in [0.4, 0.5) is 11.4 Å². The molecule has 0 aliphatic carbocycles. The fourth-order valence-electron chi connectivity index (χ4n) is 2.85. The molecule has 0 radical (unpaired) electrons. The highest BCUT2D eigenvalue weighted by molar-refractivity contribution is 6.04. The summed E-state index contributed by atoms with van der Waals surface area (Å²) >= 11 is 0. The van der Waals surface area contributed by atoms with Crippen molar-refractivity contribution in [1.29, 1.82) is 0 Å². The molecular weight excluding hydrogens is 318 g/mol. The number of aryl methyl sites for hydroxylation is 1. The second-order valence-electron chi connectivity index (χ2n) is 6.18. The minimum atomic E-state index is -0.558. The summed E-state index contributed by atoms with van der Waals surface area (Å²) in [5, 5.41) is 2.76. The lowest BCUT2D eigenvalue weighted by Gasteiger charge is -2.17. The first-order chi connectivity index (χ1) is 11.9. The van der Waals surface area contributed by atoms with Crippen LogP contribution in [-0.4, -0.2) is 24.3 Å². The summed E-state index contributed by atoms with van der Waals surface area (Å²) < 4.78 is 0. The van der Waals surface area contributed by atoms with Crippen LogP contribution in [0.2, 0.25) is 0 Å². The van der Waals surface area contributed by atoms with Crippen molar-refractivity contribution in [2.75, 3.05) is 16.8 Å². The molecule has 0 spiro atoms. The van der Waals surface area contributed by atoms with E-state index in [1.54, 1.807) is 23.1 Å². The van der Waals surface area contributed by atoms with Crippen molar-refractivity contribution in [1.82, 2.24) is 0 Å². The molecule has 6 heteroatoms. The van der Waals surface area contributed by atoms with Crippen LogP contribution in [0.15, 0.2) is 48.5 Å². The third kappa shape index (κ3) is 3.68. The summed E-state index contributed by atoms with van der Waals surface area (Å²) in [4.78, 5) is 37.6. The van der Waals surface area contributed by atoms with E-state index in [2.05, 4.69) is 5.32 Å². The second kappa shape index (κ2) is 6.76. The van der Waals surface area contributed by atoms with Gasteiger partial charge in [0, 0.05) is 29.9 Å². The number of amides is 3. The van der Waals surface area contributed by atoms with Gasteiger partial charge in [0.05, 0.1) is 5.92 Å². The maximum Gasteiger partial charge on any atom is 0.248 e. The highest BCUT2D eigenvalue weighted by Crippen LogP contribution is 2.26. The Kier molecular flexibility index (Phi) is 4.52. The van der Waals surface area contributed by atoms with Crippen LogP contribution in [0, 0.1) is 12.8 Å². The third-order valence-electron chi connectivity index (χ3n) is 4.26. The fourth-order valence-corrected chi connectivity index (χ4v) is 2.85. The first kappa shape index (κ1) is 16.7. The van der Waals surface area contributed by atoms with Gasteiger partial charge in [-0.2, -0.15) is 0 Å². The number of anilines is 2. The first-order valence-electron chi connectivity index (χ1n) is 8.02. The predicted molar refractivity (Wildman–Crippen MR) is 95.2 cm³/mol. The van der Waals surface area contributed by atoms with Crippen LogP contribution in [-0.2, 0) is 9.59 Å². The number of rotatable bonds is 4. The van der Waals surface area contributed by atoms with Crippen molar-refractivity contribution in [3.8, 4) is 0 Å². The monoisotopic (exact) mass is 337 g/mol. The zero-order valence-electron chi connectivity index (χ0n) is 13.9. The van der Waals surface area contributed by atoms with Crippen molar-refractivity contribution < 1.29 is 14.4 Å². The molecule has 3 amide bonds. The lowest BCUT2D eigenvalue weighted by Crippen LogP contribution is -2.28. The number of nitrogens with zero attached hydrogens (tertiary/aromatic N) is 1. The van der Waals surface area contributed by atoms with Gasteiger partial charge in [-0.3, -0.25) is 14.4 Å². The average molecular weight is 337 g/mol. The number of primary amides is 1. The standard InChI is InChI=1S/C19H19N3O3/c1-12-5-7-16(8-6-12)22-11-14(10-17(22)23)19(25)21-15-4-2-3-13(9-15)18(20)24/h2-9,14H,10-11H2,1H3,(H2,20,24)(H,21,25). The number of hydrogen-bond donors (Lipinski definition) is 2. The zero-order chi connectivity index (χ0) is 18.0. The Labute approximate surface area is 145 Å². The van der Waals surface area contributed by atoms with E-state index in [0.29, 0.717) is 17.8 Å². The van der Waals surface area contributed by atoms with Crippen LogP contribution in [0.25, 0.3) is 0 Å². The molecule has 0 aromatic heterocycles. The van der Waals surface area contributed by atoms with Gasteiger partial charge in [0.25, 0.3) is 0 Å². The number of nitrogens with one attached hydrogen (secondary N) is 1.